The molecule has 0 spiro atoms. The number of fused-ring (bicyclic) bond motifs is 1. The Labute approximate surface area is 156 Å². The van der Waals surface area contributed by atoms with Crippen LogP contribution < -0.4 is 5.73 Å². The second-order valence-electron chi connectivity index (χ2n) is 8.50. The highest BCUT2D eigenvalue weighted by Crippen LogP contribution is 2.40. The first-order valence-electron chi connectivity index (χ1n) is 10.1. The summed E-state index contributed by atoms with van der Waals surface area (Å²) < 4.78 is 0. The lowest BCUT2D eigenvalue weighted by molar-refractivity contribution is 0.198. The van der Waals surface area contributed by atoms with Crippen molar-refractivity contribution in [1.29, 1.82) is 0 Å². The number of hydrogen-bond acceptors (Lipinski definition) is 3. The zero-order chi connectivity index (χ0) is 18.0. The molecule has 1 aromatic heterocycles. The molecule has 0 saturated heterocycles. The van der Waals surface area contributed by atoms with Crippen molar-refractivity contribution in [3.05, 3.63) is 65.0 Å². The van der Waals surface area contributed by atoms with Crippen LogP contribution in [-0.2, 0) is 19.3 Å². The Morgan fingerprint density at radius 2 is 2.12 bits per heavy atom. The fourth-order valence-corrected chi connectivity index (χ4v) is 4.85. The molecular weight excluding hydrogens is 320 g/mol. The standard InChI is InChI=1S/C23H30N2O/c24-23(16-26)10-9-22(14-23)21-8-7-19-12-17(5-6-20(19)13-21)3-4-18-2-1-11-25-15-18/h1-2,7-8,11,13,15,17,22,26H,3-6,9-10,12,14,16,24H2/t17-,22-,23+/m0/s1. The van der Waals surface area contributed by atoms with Crippen LogP contribution in [0.5, 0.6) is 0 Å². The average molecular weight is 351 g/mol. The quantitative estimate of drug-likeness (QED) is 0.863. The lowest BCUT2D eigenvalue weighted by atomic mass is 9.79. The highest BCUT2D eigenvalue weighted by atomic mass is 16.3. The van der Waals surface area contributed by atoms with E-state index in [2.05, 4.69) is 29.2 Å². The van der Waals surface area contributed by atoms with E-state index < -0.39 is 0 Å². The van der Waals surface area contributed by atoms with Crippen molar-refractivity contribution in [1.82, 2.24) is 4.98 Å². The third-order valence-electron chi connectivity index (χ3n) is 6.55. The number of aryl methyl sites for hydroxylation is 2. The number of aromatic nitrogens is 1. The van der Waals surface area contributed by atoms with Crippen LogP contribution in [0, 0.1) is 5.92 Å². The van der Waals surface area contributed by atoms with E-state index in [0.29, 0.717) is 5.92 Å². The summed E-state index contributed by atoms with van der Waals surface area (Å²) >= 11 is 0. The van der Waals surface area contributed by atoms with E-state index in [1.54, 1.807) is 5.56 Å². The zero-order valence-corrected chi connectivity index (χ0v) is 15.5. The third kappa shape index (κ3) is 3.84. The first-order valence-corrected chi connectivity index (χ1v) is 10.1. The van der Waals surface area contributed by atoms with Gasteiger partial charge in [-0.05, 0) is 91.5 Å². The van der Waals surface area contributed by atoms with Gasteiger partial charge in [0.2, 0.25) is 0 Å². The Hall–Kier alpha value is -1.71. The van der Waals surface area contributed by atoms with Gasteiger partial charge in [0.1, 0.15) is 0 Å². The van der Waals surface area contributed by atoms with Crippen LogP contribution in [-0.4, -0.2) is 22.2 Å². The van der Waals surface area contributed by atoms with E-state index >= 15 is 0 Å². The lowest BCUT2D eigenvalue weighted by Gasteiger charge is -2.26. The highest BCUT2D eigenvalue weighted by Gasteiger charge is 2.36. The van der Waals surface area contributed by atoms with Crippen LogP contribution in [0.1, 0.15) is 60.3 Å². The van der Waals surface area contributed by atoms with Crippen molar-refractivity contribution in [2.75, 3.05) is 6.61 Å². The number of nitrogens with two attached hydrogens (primary N) is 1. The van der Waals surface area contributed by atoms with E-state index in [1.807, 2.05) is 18.5 Å². The Kier molecular flexibility index (Phi) is 5.10. The van der Waals surface area contributed by atoms with Gasteiger partial charge in [-0.2, -0.15) is 0 Å². The maximum Gasteiger partial charge on any atom is 0.0611 e. The molecule has 3 nitrogen and oxygen atoms in total. The van der Waals surface area contributed by atoms with E-state index in [9.17, 15) is 5.11 Å². The maximum atomic E-state index is 9.52. The first kappa shape index (κ1) is 17.7. The first-order chi connectivity index (χ1) is 12.6. The SMILES string of the molecule is N[C@]1(CO)CC[C@H](c2ccc3c(c2)CC[C@H](CCc2cccnc2)C3)C1. The van der Waals surface area contributed by atoms with Gasteiger partial charge in [0.25, 0.3) is 0 Å². The second kappa shape index (κ2) is 7.50. The molecule has 1 fully saturated rings. The van der Waals surface area contributed by atoms with Gasteiger partial charge >= 0.3 is 0 Å². The van der Waals surface area contributed by atoms with Gasteiger partial charge in [-0.1, -0.05) is 24.3 Å². The minimum absolute atomic E-state index is 0.104. The van der Waals surface area contributed by atoms with Crippen molar-refractivity contribution in [2.45, 2.75) is 62.8 Å². The molecule has 0 aliphatic heterocycles. The molecule has 3 atom stereocenters. The fourth-order valence-electron chi connectivity index (χ4n) is 4.85. The molecule has 2 aliphatic rings. The Morgan fingerprint density at radius 1 is 1.19 bits per heavy atom. The van der Waals surface area contributed by atoms with Crippen LogP contribution in [0.3, 0.4) is 0 Å². The normalized spacial score (nSPS) is 28.1. The zero-order valence-electron chi connectivity index (χ0n) is 15.5. The minimum Gasteiger partial charge on any atom is -0.394 e. The van der Waals surface area contributed by atoms with Gasteiger partial charge in [0.15, 0.2) is 0 Å². The van der Waals surface area contributed by atoms with Crippen LogP contribution in [0.4, 0.5) is 0 Å². The third-order valence-corrected chi connectivity index (χ3v) is 6.55. The van der Waals surface area contributed by atoms with E-state index in [0.717, 1.165) is 31.6 Å². The van der Waals surface area contributed by atoms with Crippen molar-refractivity contribution in [3.8, 4) is 0 Å². The van der Waals surface area contributed by atoms with Gasteiger partial charge in [0.05, 0.1) is 6.61 Å². The average Bonchev–Trinajstić information content (AvgIpc) is 3.09. The number of pyridine rings is 1. The van der Waals surface area contributed by atoms with Gasteiger partial charge in [0, 0.05) is 17.9 Å². The minimum atomic E-state index is -0.363. The highest BCUT2D eigenvalue weighted by molar-refractivity contribution is 5.36. The maximum absolute atomic E-state index is 9.52. The summed E-state index contributed by atoms with van der Waals surface area (Å²) in [5.74, 6) is 1.30. The molecule has 138 valence electrons. The second-order valence-corrected chi connectivity index (χ2v) is 8.50. The summed E-state index contributed by atoms with van der Waals surface area (Å²) in [4.78, 5) is 4.22. The molecule has 3 heteroatoms. The molecule has 26 heavy (non-hydrogen) atoms. The van der Waals surface area contributed by atoms with Crippen molar-refractivity contribution in [3.63, 3.8) is 0 Å². The van der Waals surface area contributed by atoms with Crippen LogP contribution in [0.2, 0.25) is 0 Å². The van der Waals surface area contributed by atoms with E-state index in [-0.39, 0.29) is 12.1 Å². The van der Waals surface area contributed by atoms with E-state index in [1.165, 1.54) is 42.4 Å². The summed E-state index contributed by atoms with van der Waals surface area (Å²) in [7, 11) is 0. The predicted molar refractivity (Wildman–Crippen MR) is 105 cm³/mol. The molecule has 0 bridgehead atoms. The molecule has 0 radical (unpaired) electrons. The number of benzene rings is 1. The molecule has 0 unspecified atom stereocenters. The number of aliphatic hydroxyl groups is 1. The van der Waals surface area contributed by atoms with Crippen molar-refractivity contribution >= 4 is 0 Å². The molecule has 2 aromatic rings. The Bertz CT molecular complexity index is 745. The van der Waals surface area contributed by atoms with Crippen LogP contribution in [0.15, 0.2) is 42.7 Å². The van der Waals surface area contributed by atoms with Crippen molar-refractivity contribution < 1.29 is 5.11 Å². The smallest absolute Gasteiger partial charge is 0.0611 e. The summed E-state index contributed by atoms with van der Waals surface area (Å²) in [6, 6.07) is 11.3. The summed E-state index contributed by atoms with van der Waals surface area (Å²) in [5.41, 5.74) is 11.8. The number of aliphatic hydroxyl groups excluding tert-OH is 1. The number of nitrogens with zero attached hydrogens (tertiary/aromatic N) is 1. The van der Waals surface area contributed by atoms with Crippen molar-refractivity contribution in [2.24, 2.45) is 11.7 Å². The summed E-state index contributed by atoms with van der Waals surface area (Å²) in [6.45, 7) is 0.104. The van der Waals surface area contributed by atoms with E-state index in [4.69, 9.17) is 5.73 Å². The predicted octanol–water partition coefficient (Wildman–Crippen LogP) is 3.78. The van der Waals surface area contributed by atoms with Gasteiger partial charge in [-0.25, -0.2) is 0 Å². The lowest BCUT2D eigenvalue weighted by Crippen LogP contribution is -2.40. The molecule has 4 rings (SSSR count). The van der Waals surface area contributed by atoms with Gasteiger partial charge < -0.3 is 10.8 Å². The largest absolute Gasteiger partial charge is 0.394 e. The number of rotatable bonds is 5. The summed E-state index contributed by atoms with van der Waals surface area (Å²) in [6.07, 6.45) is 12.9. The van der Waals surface area contributed by atoms with Crippen LogP contribution in [0.25, 0.3) is 0 Å². The summed E-state index contributed by atoms with van der Waals surface area (Å²) in [5, 5.41) is 9.52. The Morgan fingerprint density at radius 3 is 2.88 bits per heavy atom. The molecule has 1 aromatic carbocycles. The van der Waals surface area contributed by atoms with Gasteiger partial charge in [-0.15, -0.1) is 0 Å². The molecular formula is C23H30N2O. The molecule has 1 heterocycles. The fraction of sp³-hybridized carbons (Fsp3) is 0.522. The molecule has 1 saturated carbocycles. The Balaban J connectivity index is 1.38. The monoisotopic (exact) mass is 350 g/mol. The molecule has 3 N–H and O–H groups in total. The molecule has 2 aliphatic carbocycles. The number of hydrogen-bond donors (Lipinski definition) is 2. The molecule has 0 amide bonds. The van der Waals surface area contributed by atoms with Gasteiger partial charge in [-0.3, -0.25) is 4.98 Å². The topological polar surface area (TPSA) is 59.1 Å². The van der Waals surface area contributed by atoms with Crippen LogP contribution >= 0.6 is 0 Å².